The first kappa shape index (κ1) is 21.3. The van der Waals surface area contributed by atoms with Gasteiger partial charge in [-0.2, -0.15) is 0 Å². The molecule has 2 N–H and O–H groups in total. The summed E-state index contributed by atoms with van der Waals surface area (Å²) in [4.78, 5) is 17.4. The molecule has 1 unspecified atom stereocenters. The second-order valence-electron chi connectivity index (χ2n) is 7.50. The lowest BCUT2D eigenvalue weighted by Gasteiger charge is -2.12. The molecule has 33 heavy (non-hydrogen) atoms. The van der Waals surface area contributed by atoms with Crippen LogP contribution in [0.15, 0.2) is 90.5 Å². The summed E-state index contributed by atoms with van der Waals surface area (Å²) >= 11 is 8.14. The van der Waals surface area contributed by atoms with Crippen LogP contribution in [0.4, 0.5) is 5.69 Å². The highest BCUT2D eigenvalue weighted by atomic mass is 35.5. The van der Waals surface area contributed by atoms with Gasteiger partial charge in [0, 0.05) is 46.7 Å². The van der Waals surface area contributed by atoms with Gasteiger partial charge >= 0.3 is 0 Å². The molecule has 0 fully saturated rings. The third kappa shape index (κ3) is 4.13. The molecule has 4 aromatic rings. The van der Waals surface area contributed by atoms with Gasteiger partial charge < -0.3 is 15.1 Å². The van der Waals surface area contributed by atoms with Crippen LogP contribution in [-0.4, -0.2) is 26.4 Å². The summed E-state index contributed by atoms with van der Waals surface area (Å²) in [6, 6.07) is 20.3. The summed E-state index contributed by atoms with van der Waals surface area (Å²) in [5.41, 5.74) is 4.89. The summed E-state index contributed by atoms with van der Waals surface area (Å²) in [5.74, 6) is 0.482. The Kier molecular flexibility index (Phi) is 5.90. The van der Waals surface area contributed by atoms with E-state index in [-0.39, 0.29) is 11.3 Å². The van der Waals surface area contributed by atoms with Crippen molar-refractivity contribution in [2.45, 2.75) is 11.1 Å². The smallest absolute Gasteiger partial charge is 0.257 e. The van der Waals surface area contributed by atoms with Crippen LogP contribution in [0, 0.1) is 0 Å². The van der Waals surface area contributed by atoms with Crippen LogP contribution in [0.25, 0.3) is 0 Å². The van der Waals surface area contributed by atoms with E-state index in [1.54, 1.807) is 36.2 Å². The third-order valence-corrected chi connectivity index (χ3v) is 7.09. The van der Waals surface area contributed by atoms with E-state index < -0.39 is 0 Å². The van der Waals surface area contributed by atoms with Gasteiger partial charge in [-0.05, 0) is 24.3 Å². The number of fused-ring (bicyclic) bond motifs is 1. The maximum atomic E-state index is 13.2. The first-order valence-corrected chi connectivity index (χ1v) is 11.7. The van der Waals surface area contributed by atoms with E-state index in [0.29, 0.717) is 27.5 Å². The van der Waals surface area contributed by atoms with E-state index in [9.17, 15) is 10.0 Å². The molecule has 2 aromatic carbocycles. The minimum absolute atomic E-state index is 0.0939. The molecule has 0 bridgehead atoms. The van der Waals surface area contributed by atoms with E-state index in [0.717, 1.165) is 22.6 Å². The second-order valence-corrected chi connectivity index (χ2v) is 8.97. The standard InChI is InChI=1S/C25H19ClN4O2S/c26-20-9-8-17(23(29-32)16-5-2-1-3-6-16)13-21(20)28-24(31)19-10-12-30-22(19)15-33-25(30)18-7-4-11-27-14-18/h1-14,25,32H,15H2,(H,28,31). The SMILES string of the molecule is O=C(Nc1cc(C(=NO)c2ccccc2)ccc1Cl)c1ccn2c1CSC2c1cccnc1. The summed E-state index contributed by atoms with van der Waals surface area (Å²) < 4.78 is 2.11. The van der Waals surface area contributed by atoms with Crippen LogP contribution < -0.4 is 5.32 Å². The van der Waals surface area contributed by atoms with Gasteiger partial charge in [0.05, 0.1) is 16.3 Å². The fraction of sp³-hybridized carbons (Fsp3) is 0.0800. The zero-order chi connectivity index (χ0) is 22.8. The van der Waals surface area contributed by atoms with Crippen LogP contribution in [0.1, 0.15) is 38.1 Å². The largest absolute Gasteiger partial charge is 0.410 e. The number of oxime groups is 1. The number of thioether (sulfide) groups is 1. The fourth-order valence-corrected chi connectivity index (χ4v) is 5.39. The van der Waals surface area contributed by atoms with E-state index in [1.165, 1.54) is 0 Å². The summed E-state index contributed by atoms with van der Waals surface area (Å²) in [7, 11) is 0. The van der Waals surface area contributed by atoms with E-state index >= 15 is 0 Å². The van der Waals surface area contributed by atoms with Crippen molar-refractivity contribution in [3.8, 4) is 0 Å². The molecule has 0 radical (unpaired) electrons. The van der Waals surface area contributed by atoms with Gasteiger partial charge in [-0.3, -0.25) is 9.78 Å². The van der Waals surface area contributed by atoms with Gasteiger partial charge in [-0.25, -0.2) is 0 Å². The minimum atomic E-state index is -0.238. The van der Waals surface area contributed by atoms with E-state index in [1.807, 2.05) is 60.9 Å². The van der Waals surface area contributed by atoms with Crippen LogP contribution >= 0.6 is 23.4 Å². The Morgan fingerprint density at radius 1 is 1.12 bits per heavy atom. The molecule has 3 heterocycles. The van der Waals surface area contributed by atoms with Crippen molar-refractivity contribution in [2.75, 3.05) is 5.32 Å². The molecule has 0 saturated heterocycles. The molecule has 164 valence electrons. The molecule has 1 atom stereocenters. The van der Waals surface area contributed by atoms with Crippen molar-refractivity contribution in [2.24, 2.45) is 5.16 Å². The van der Waals surface area contributed by atoms with Crippen LogP contribution in [0.5, 0.6) is 0 Å². The zero-order valence-electron chi connectivity index (χ0n) is 17.4. The van der Waals surface area contributed by atoms with Gasteiger partial charge in [-0.15, -0.1) is 11.8 Å². The molecule has 0 saturated carbocycles. The molecule has 0 spiro atoms. The predicted octanol–water partition coefficient (Wildman–Crippen LogP) is 5.81. The van der Waals surface area contributed by atoms with Crippen LogP contribution in [0.3, 0.4) is 0 Å². The molecular weight excluding hydrogens is 456 g/mol. The monoisotopic (exact) mass is 474 g/mol. The van der Waals surface area contributed by atoms with Gasteiger partial charge in [0.1, 0.15) is 11.1 Å². The average molecular weight is 475 g/mol. The quantitative estimate of drug-likeness (QED) is 0.217. The van der Waals surface area contributed by atoms with E-state index in [2.05, 4.69) is 20.0 Å². The molecular formula is C25H19ClN4O2S. The number of benzene rings is 2. The normalized spacial score (nSPS) is 15.3. The maximum absolute atomic E-state index is 13.2. The van der Waals surface area contributed by atoms with Crippen LogP contribution in [0.2, 0.25) is 5.02 Å². The predicted molar refractivity (Wildman–Crippen MR) is 131 cm³/mol. The Balaban J connectivity index is 1.41. The highest BCUT2D eigenvalue weighted by Gasteiger charge is 2.28. The summed E-state index contributed by atoms with van der Waals surface area (Å²) in [6.45, 7) is 0. The molecule has 1 amide bonds. The Bertz CT molecular complexity index is 1340. The number of aromatic nitrogens is 2. The lowest BCUT2D eigenvalue weighted by molar-refractivity contribution is 0.102. The average Bonchev–Trinajstić information content (AvgIpc) is 3.45. The number of amides is 1. The van der Waals surface area contributed by atoms with Gasteiger partial charge in [0.2, 0.25) is 0 Å². The van der Waals surface area contributed by atoms with Gasteiger partial charge in [0.25, 0.3) is 5.91 Å². The van der Waals surface area contributed by atoms with Gasteiger partial charge in [-0.1, -0.05) is 59.2 Å². The number of pyridine rings is 1. The second kappa shape index (κ2) is 9.13. The Labute approximate surface area is 199 Å². The minimum Gasteiger partial charge on any atom is -0.410 e. The summed E-state index contributed by atoms with van der Waals surface area (Å²) in [6.07, 6.45) is 5.54. The molecule has 6 nitrogen and oxygen atoms in total. The van der Waals surface area contributed by atoms with Crippen molar-refractivity contribution in [1.82, 2.24) is 9.55 Å². The highest BCUT2D eigenvalue weighted by molar-refractivity contribution is 7.99. The number of hydrogen-bond donors (Lipinski definition) is 2. The number of anilines is 1. The Morgan fingerprint density at radius 3 is 2.73 bits per heavy atom. The molecule has 5 rings (SSSR count). The van der Waals surface area contributed by atoms with E-state index in [4.69, 9.17) is 11.6 Å². The topological polar surface area (TPSA) is 79.5 Å². The third-order valence-electron chi connectivity index (χ3n) is 5.50. The van der Waals surface area contributed by atoms with Crippen molar-refractivity contribution < 1.29 is 10.0 Å². The number of rotatable bonds is 5. The first-order valence-electron chi connectivity index (χ1n) is 10.3. The molecule has 0 aliphatic carbocycles. The Morgan fingerprint density at radius 2 is 1.97 bits per heavy atom. The van der Waals surface area contributed by atoms with Crippen molar-refractivity contribution >= 4 is 40.7 Å². The maximum Gasteiger partial charge on any atom is 0.257 e. The van der Waals surface area contributed by atoms with Crippen molar-refractivity contribution in [1.29, 1.82) is 0 Å². The van der Waals surface area contributed by atoms with Crippen molar-refractivity contribution in [3.05, 3.63) is 118 Å². The fourth-order valence-electron chi connectivity index (χ4n) is 3.91. The number of carbonyl (C=O) groups excluding carboxylic acids is 1. The molecule has 8 heteroatoms. The summed E-state index contributed by atoms with van der Waals surface area (Å²) in [5, 5.41) is 16.5. The van der Waals surface area contributed by atoms with Crippen LogP contribution in [-0.2, 0) is 5.75 Å². The first-order chi connectivity index (χ1) is 16.2. The molecule has 1 aliphatic heterocycles. The zero-order valence-corrected chi connectivity index (χ0v) is 18.9. The Hall–Kier alpha value is -3.55. The number of nitrogens with one attached hydrogen (secondary N) is 1. The number of nitrogens with zero attached hydrogens (tertiary/aromatic N) is 3. The lowest BCUT2D eigenvalue weighted by Crippen LogP contribution is -2.14. The van der Waals surface area contributed by atoms with Gasteiger partial charge in [0.15, 0.2) is 0 Å². The number of carbonyl (C=O) groups is 1. The number of halogens is 1. The molecule has 1 aliphatic rings. The number of hydrogen-bond acceptors (Lipinski definition) is 5. The van der Waals surface area contributed by atoms with Crippen molar-refractivity contribution in [3.63, 3.8) is 0 Å². The molecule has 2 aromatic heterocycles. The lowest BCUT2D eigenvalue weighted by atomic mass is 10.0. The highest BCUT2D eigenvalue weighted by Crippen LogP contribution is 2.42.